The number of aryl methyl sites for hydroxylation is 1. The summed E-state index contributed by atoms with van der Waals surface area (Å²) in [7, 11) is 0. The Hall–Kier alpha value is -3.13. The van der Waals surface area contributed by atoms with Crippen molar-refractivity contribution >= 4 is 17.0 Å². The normalized spacial score (nSPS) is 14.1. The molecule has 1 atom stereocenters. The first-order valence-electron chi connectivity index (χ1n) is 9.67. The molecule has 1 aliphatic rings. The minimum Gasteiger partial charge on any atom is -0.467 e. The van der Waals surface area contributed by atoms with Gasteiger partial charge in [0.15, 0.2) is 6.79 Å². The number of halogens is 2. The smallest absolute Gasteiger partial charge is 0.315 e. The highest BCUT2D eigenvalue weighted by Crippen LogP contribution is 2.31. The number of nitrogens with one attached hydrogen (secondary N) is 2. The van der Waals surface area contributed by atoms with Crippen LogP contribution in [-0.4, -0.2) is 19.4 Å². The lowest BCUT2D eigenvalue weighted by Gasteiger charge is -2.21. The lowest BCUT2D eigenvalue weighted by molar-refractivity contribution is -0.0172. The fourth-order valence-corrected chi connectivity index (χ4v) is 3.69. The van der Waals surface area contributed by atoms with E-state index in [0.29, 0.717) is 53.2 Å². The Balaban J connectivity index is 1.37. The zero-order chi connectivity index (χ0) is 21.3. The summed E-state index contributed by atoms with van der Waals surface area (Å²) in [6, 6.07) is 6.31. The van der Waals surface area contributed by atoms with Crippen LogP contribution in [0.5, 0.6) is 5.75 Å². The van der Waals surface area contributed by atoms with Gasteiger partial charge < -0.3 is 24.5 Å². The van der Waals surface area contributed by atoms with E-state index in [1.807, 2.05) is 6.92 Å². The van der Waals surface area contributed by atoms with Crippen LogP contribution in [0.1, 0.15) is 35.4 Å². The Morgan fingerprint density at radius 3 is 2.87 bits per heavy atom. The van der Waals surface area contributed by atoms with E-state index >= 15 is 0 Å². The molecule has 2 N–H and O–H groups in total. The third-order valence-electron chi connectivity index (χ3n) is 5.11. The summed E-state index contributed by atoms with van der Waals surface area (Å²) in [4.78, 5) is 12.3. The number of amides is 2. The van der Waals surface area contributed by atoms with E-state index in [9.17, 15) is 13.6 Å². The Bertz CT molecular complexity index is 1100. The first kappa shape index (κ1) is 20.2. The molecule has 0 saturated carbocycles. The largest absolute Gasteiger partial charge is 0.467 e. The van der Waals surface area contributed by atoms with Gasteiger partial charge in [0, 0.05) is 23.1 Å². The number of fused-ring (bicyclic) bond motifs is 2. The lowest BCUT2D eigenvalue weighted by Crippen LogP contribution is -2.38. The number of ether oxygens (including phenoxy) is 2. The summed E-state index contributed by atoms with van der Waals surface area (Å²) in [5, 5.41) is 6.25. The van der Waals surface area contributed by atoms with Crippen molar-refractivity contribution in [2.75, 3.05) is 13.3 Å². The van der Waals surface area contributed by atoms with Gasteiger partial charge in [0.05, 0.1) is 12.6 Å². The highest BCUT2D eigenvalue weighted by Gasteiger charge is 2.20. The van der Waals surface area contributed by atoms with E-state index in [2.05, 4.69) is 10.6 Å². The minimum atomic E-state index is -0.414. The van der Waals surface area contributed by atoms with Crippen molar-refractivity contribution in [1.29, 1.82) is 0 Å². The fraction of sp³-hybridized carbons (Fsp3) is 0.318. The molecular weight excluding hydrogens is 394 g/mol. The number of hydrogen-bond donors (Lipinski definition) is 2. The summed E-state index contributed by atoms with van der Waals surface area (Å²) in [5.74, 6) is 0.473. The van der Waals surface area contributed by atoms with Gasteiger partial charge in [-0.3, -0.25) is 0 Å². The highest BCUT2D eigenvalue weighted by molar-refractivity contribution is 5.82. The van der Waals surface area contributed by atoms with Crippen molar-refractivity contribution < 1.29 is 27.5 Å². The molecule has 2 aromatic carbocycles. The molecule has 6 nitrogen and oxygen atoms in total. The highest BCUT2D eigenvalue weighted by atomic mass is 19.1. The molecule has 4 rings (SSSR count). The number of benzene rings is 2. The van der Waals surface area contributed by atoms with Crippen LogP contribution in [0.3, 0.4) is 0 Å². The number of urea groups is 1. The van der Waals surface area contributed by atoms with E-state index < -0.39 is 6.04 Å². The van der Waals surface area contributed by atoms with Crippen LogP contribution in [0.2, 0.25) is 0 Å². The summed E-state index contributed by atoms with van der Waals surface area (Å²) in [6.45, 7) is 4.33. The second-order valence-corrected chi connectivity index (χ2v) is 7.27. The second-order valence-electron chi connectivity index (χ2n) is 7.27. The average Bonchev–Trinajstić information content (AvgIpc) is 3.04. The first-order chi connectivity index (χ1) is 14.4. The van der Waals surface area contributed by atoms with Crippen molar-refractivity contribution in [3.63, 3.8) is 0 Å². The number of rotatable bonds is 5. The molecule has 0 saturated heterocycles. The molecule has 158 valence electrons. The summed E-state index contributed by atoms with van der Waals surface area (Å²) >= 11 is 0. The molecule has 1 unspecified atom stereocenters. The molecule has 0 spiro atoms. The molecule has 0 fully saturated rings. The van der Waals surface area contributed by atoms with E-state index in [0.717, 1.165) is 5.56 Å². The first-order valence-corrected chi connectivity index (χ1v) is 9.67. The van der Waals surface area contributed by atoms with Gasteiger partial charge in [0.25, 0.3) is 0 Å². The second kappa shape index (κ2) is 8.31. The molecule has 2 heterocycles. The topological polar surface area (TPSA) is 72.7 Å². The summed E-state index contributed by atoms with van der Waals surface area (Å²) < 4.78 is 43.7. The molecule has 3 aromatic rings. The Morgan fingerprint density at radius 1 is 1.20 bits per heavy atom. The molecule has 0 aliphatic carbocycles. The molecule has 1 aliphatic heterocycles. The van der Waals surface area contributed by atoms with Crippen LogP contribution in [0.15, 0.2) is 34.7 Å². The zero-order valence-electron chi connectivity index (χ0n) is 16.7. The maximum Gasteiger partial charge on any atom is 0.315 e. The van der Waals surface area contributed by atoms with Gasteiger partial charge in [-0.15, -0.1) is 0 Å². The van der Waals surface area contributed by atoms with E-state index in [-0.39, 0.29) is 24.5 Å². The quantitative estimate of drug-likeness (QED) is 0.643. The van der Waals surface area contributed by atoms with Crippen molar-refractivity contribution in [2.24, 2.45) is 0 Å². The predicted octanol–water partition coefficient (Wildman–Crippen LogP) is 4.49. The SMILES string of the molecule is Cc1c(C(C)NC(=O)NCCc2cc(F)cc3c2OCOC3)oc2ccc(F)cc12. The molecule has 1 aromatic heterocycles. The summed E-state index contributed by atoms with van der Waals surface area (Å²) in [6.07, 6.45) is 0.408. The van der Waals surface area contributed by atoms with Crippen molar-refractivity contribution in [3.8, 4) is 5.75 Å². The van der Waals surface area contributed by atoms with Gasteiger partial charge in [-0.1, -0.05) is 0 Å². The fourth-order valence-electron chi connectivity index (χ4n) is 3.69. The maximum atomic E-state index is 13.8. The maximum absolute atomic E-state index is 13.8. The van der Waals surface area contributed by atoms with Crippen LogP contribution < -0.4 is 15.4 Å². The van der Waals surface area contributed by atoms with E-state index in [1.54, 1.807) is 13.0 Å². The number of carbonyl (C=O) groups is 1. The standard InChI is InChI=1S/C22H22F2N2O4/c1-12-18-9-16(23)3-4-19(18)30-20(12)13(2)26-22(27)25-6-5-14-7-17(24)8-15-10-28-11-29-21(14)15/h3-4,7-9,13H,5-6,10-11H2,1-2H3,(H2,25,26,27). The van der Waals surface area contributed by atoms with Crippen LogP contribution in [0.4, 0.5) is 13.6 Å². The third-order valence-corrected chi connectivity index (χ3v) is 5.11. The monoisotopic (exact) mass is 416 g/mol. The number of furan rings is 1. The molecule has 0 radical (unpaired) electrons. The predicted molar refractivity (Wildman–Crippen MR) is 106 cm³/mol. The van der Waals surface area contributed by atoms with Crippen molar-refractivity contribution in [1.82, 2.24) is 10.6 Å². The van der Waals surface area contributed by atoms with Gasteiger partial charge >= 0.3 is 6.03 Å². The molecule has 0 bridgehead atoms. The van der Waals surface area contributed by atoms with Crippen LogP contribution >= 0.6 is 0 Å². The van der Waals surface area contributed by atoms with Crippen LogP contribution in [0, 0.1) is 18.6 Å². The third kappa shape index (κ3) is 4.09. The van der Waals surface area contributed by atoms with Gasteiger partial charge in [0.2, 0.25) is 0 Å². The van der Waals surface area contributed by atoms with Crippen molar-refractivity contribution in [3.05, 3.63) is 64.4 Å². The molecule has 8 heteroatoms. The van der Waals surface area contributed by atoms with Crippen molar-refractivity contribution in [2.45, 2.75) is 32.9 Å². The lowest BCUT2D eigenvalue weighted by atomic mass is 10.1. The number of carbonyl (C=O) groups excluding carboxylic acids is 1. The van der Waals surface area contributed by atoms with Gasteiger partial charge in [-0.25, -0.2) is 13.6 Å². The Labute approximate surface area is 172 Å². The minimum absolute atomic E-state index is 0.123. The van der Waals surface area contributed by atoms with Gasteiger partial charge in [-0.2, -0.15) is 0 Å². The zero-order valence-corrected chi connectivity index (χ0v) is 16.7. The summed E-state index contributed by atoms with van der Waals surface area (Å²) in [5.41, 5.74) is 2.68. The Kier molecular flexibility index (Phi) is 5.59. The average molecular weight is 416 g/mol. The van der Waals surface area contributed by atoms with Crippen LogP contribution in [0.25, 0.3) is 11.0 Å². The molecule has 2 amide bonds. The Morgan fingerprint density at radius 2 is 2.03 bits per heavy atom. The molecular formula is C22H22F2N2O4. The van der Waals surface area contributed by atoms with Gasteiger partial charge in [0.1, 0.15) is 28.7 Å². The van der Waals surface area contributed by atoms with Crippen LogP contribution in [-0.2, 0) is 17.8 Å². The van der Waals surface area contributed by atoms with Gasteiger partial charge in [-0.05, 0) is 56.2 Å². The molecule has 30 heavy (non-hydrogen) atoms. The van der Waals surface area contributed by atoms with E-state index in [1.165, 1.54) is 24.3 Å². The number of hydrogen-bond acceptors (Lipinski definition) is 4. The van der Waals surface area contributed by atoms with E-state index in [4.69, 9.17) is 13.9 Å².